The molecule has 11 heteroatoms. The first kappa shape index (κ1) is 20.0. The second-order valence-corrected chi connectivity index (χ2v) is 7.02. The lowest BCUT2D eigenvalue weighted by Gasteiger charge is -2.21. The Bertz CT molecular complexity index is 1050. The standard InChI is InChI=1S/C17H17FN4O5.ClH/c18-12-5-10-13(15(22(26)27)14(12)20-4-3-8(19)6-20)21(9-1-2-9)7-11(16(10)23)17(24)25;/h5,7-9H,1-4,6,19H2,(H,24,25);1H. The molecule has 1 aliphatic heterocycles. The van der Waals surface area contributed by atoms with Crippen LogP contribution >= 0.6 is 12.4 Å². The van der Waals surface area contributed by atoms with E-state index in [9.17, 15) is 29.2 Å². The van der Waals surface area contributed by atoms with Gasteiger partial charge in [-0.05, 0) is 25.3 Å². The summed E-state index contributed by atoms with van der Waals surface area (Å²) in [6.45, 7) is 0.634. The number of aromatic nitrogens is 1. The van der Waals surface area contributed by atoms with Crippen LogP contribution in [0, 0.1) is 15.9 Å². The number of rotatable bonds is 4. The zero-order valence-electron chi connectivity index (χ0n) is 14.6. The number of nitro benzene ring substituents is 1. The lowest BCUT2D eigenvalue weighted by atomic mass is 10.1. The first-order chi connectivity index (χ1) is 12.8. The fourth-order valence-electron chi connectivity index (χ4n) is 3.72. The second kappa shape index (κ2) is 7.02. The molecule has 0 spiro atoms. The summed E-state index contributed by atoms with van der Waals surface area (Å²) in [4.78, 5) is 36.7. The molecule has 3 N–H and O–H groups in total. The number of nitrogens with two attached hydrogens (primary N) is 1. The van der Waals surface area contributed by atoms with Crippen LogP contribution in [0.25, 0.3) is 10.9 Å². The Labute approximate surface area is 164 Å². The number of anilines is 1. The average Bonchev–Trinajstić information content (AvgIpc) is 3.35. The molecule has 1 aromatic carbocycles. The van der Waals surface area contributed by atoms with E-state index in [1.54, 1.807) is 0 Å². The van der Waals surface area contributed by atoms with Crippen LogP contribution in [0.2, 0.25) is 0 Å². The highest BCUT2D eigenvalue weighted by atomic mass is 35.5. The first-order valence-electron chi connectivity index (χ1n) is 8.59. The summed E-state index contributed by atoms with van der Waals surface area (Å²) in [6.07, 6.45) is 3.11. The van der Waals surface area contributed by atoms with Gasteiger partial charge >= 0.3 is 11.7 Å². The number of benzene rings is 1. The summed E-state index contributed by atoms with van der Waals surface area (Å²) in [5.74, 6) is -2.38. The normalized spacial score (nSPS) is 18.9. The van der Waals surface area contributed by atoms with Crippen molar-refractivity contribution in [3.05, 3.63) is 44.0 Å². The van der Waals surface area contributed by atoms with E-state index in [0.29, 0.717) is 25.8 Å². The van der Waals surface area contributed by atoms with E-state index in [4.69, 9.17) is 5.73 Å². The van der Waals surface area contributed by atoms with E-state index >= 15 is 0 Å². The Kier molecular flexibility index (Phi) is 5.02. The van der Waals surface area contributed by atoms with Gasteiger partial charge in [0.15, 0.2) is 11.5 Å². The highest BCUT2D eigenvalue weighted by Gasteiger charge is 2.36. The van der Waals surface area contributed by atoms with Crippen molar-refractivity contribution < 1.29 is 19.2 Å². The molecule has 0 radical (unpaired) electrons. The fourth-order valence-corrected chi connectivity index (χ4v) is 3.72. The lowest BCUT2D eigenvalue weighted by molar-refractivity contribution is -0.382. The zero-order valence-corrected chi connectivity index (χ0v) is 15.4. The van der Waals surface area contributed by atoms with Gasteiger partial charge in [-0.2, -0.15) is 0 Å². The molecule has 150 valence electrons. The minimum atomic E-state index is -1.45. The number of carbonyl (C=O) groups is 1. The Morgan fingerprint density at radius 1 is 1.36 bits per heavy atom. The summed E-state index contributed by atoms with van der Waals surface area (Å²) in [5, 5.41) is 20.9. The van der Waals surface area contributed by atoms with E-state index in [0.717, 1.165) is 12.3 Å². The molecule has 1 atom stereocenters. The Hall–Kier alpha value is -2.72. The minimum Gasteiger partial charge on any atom is -0.477 e. The van der Waals surface area contributed by atoms with Crippen LogP contribution in [-0.4, -0.2) is 39.7 Å². The second-order valence-electron chi connectivity index (χ2n) is 7.02. The molecule has 0 bridgehead atoms. The molecule has 1 saturated heterocycles. The molecule has 2 heterocycles. The number of pyridine rings is 1. The van der Waals surface area contributed by atoms with E-state index in [1.807, 2.05) is 0 Å². The predicted molar refractivity (Wildman–Crippen MR) is 102 cm³/mol. The van der Waals surface area contributed by atoms with Gasteiger partial charge in [0.1, 0.15) is 11.1 Å². The number of nitro groups is 1. The van der Waals surface area contributed by atoms with Gasteiger partial charge in [-0.1, -0.05) is 0 Å². The summed E-state index contributed by atoms with van der Waals surface area (Å²) < 4.78 is 16.3. The van der Waals surface area contributed by atoms with Gasteiger partial charge < -0.3 is 20.3 Å². The molecular weight excluding hydrogens is 395 g/mol. The quantitative estimate of drug-likeness (QED) is 0.580. The summed E-state index contributed by atoms with van der Waals surface area (Å²) >= 11 is 0. The molecular formula is C17H18ClFN4O5. The van der Waals surface area contributed by atoms with Crippen molar-refractivity contribution in [3.8, 4) is 0 Å². The largest absolute Gasteiger partial charge is 0.477 e. The van der Waals surface area contributed by atoms with Crippen LogP contribution in [0.1, 0.15) is 35.7 Å². The molecule has 0 amide bonds. The number of carboxylic acids is 1. The Balaban J connectivity index is 0.00000225. The van der Waals surface area contributed by atoms with Crippen molar-refractivity contribution in [2.24, 2.45) is 5.73 Å². The van der Waals surface area contributed by atoms with E-state index < -0.39 is 33.4 Å². The van der Waals surface area contributed by atoms with Crippen molar-refractivity contribution in [2.75, 3.05) is 18.0 Å². The topological polar surface area (TPSA) is 132 Å². The van der Waals surface area contributed by atoms with Gasteiger partial charge in [0.05, 0.1) is 10.3 Å². The van der Waals surface area contributed by atoms with Crippen LogP contribution in [0.15, 0.2) is 17.1 Å². The fraction of sp³-hybridized carbons (Fsp3) is 0.412. The molecule has 2 aliphatic rings. The lowest BCUT2D eigenvalue weighted by Crippen LogP contribution is -2.28. The third kappa shape index (κ3) is 3.08. The monoisotopic (exact) mass is 412 g/mol. The predicted octanol–water partition coefficient (Wildman–Crippen LogP) is 2.04. The van der Waals surface area contributed by atoms with E-state index in [2.05, 4.69) is 0 Å². The average molecular weight is 413 g/mol. The molecule has 2 fully saturated rings. The van der Waals surface area contributed by atoms with Crippen molar-refractivity contribution in [1.82, 2.24) is 4.57 Å². The first-order valence-corrected chi connectivity index (χ1v) is 8.59. The summed E-state index contributed by atoms with van der Waals surface area (Å²) in [5.41, 5.74) is 3.66. The Morgan fingerprint density at radius 3 is 2.54 bits per heavy atom. The maximum atomic E-state index is 14.9. The van der Waals surface area contributed by atoms with Gasteiger partial charge in [0.2, 0.25) is 5.43 Å². The number of aromatic carboxylic acids is 1. The molecule has 28 heavy (non-hydrogen) atoms. The molecule has 1 aromatic heterocycles. The number of carboxylic acid groups (broad SMARTS) is 1. The van der Waals surface area contributed by atoms with Gasteiger partial charge in [-0.15, -0.1) is 12.4 Å². The van der Waals surface area contributed by atoms with Crippen LogP contribution in [0.4, 0.5) is 15.8 Å². The van der Waals surface area contributed by atoms with Crippen molar-refractivity contribution in [1.29, 1.82) is 0 Å². The summed E-state index contributed by atoms with van der Waals surface area (Å²) in [7, 11) is 0. The summed E-state index contributed by atoms with van der Waals surface area (Å²) in [6, 6.07) is 0.540. The molecule has 9 nitrogen and oxygen atoms in total. The number of nitrogens with zero attached hydrogens (tertiary/aromatic N) is 3. The van der Waals surface area contributed by atoms with E-state index in [1.165, 1.54) is 9.47 Å². The highest BCUT2D eigenvalue weighted by molar-refractivity contribution is 5.99. The highest BCUT2D eigenvalue weighted by Crippen LogP contribution is 2.43. The van der Waals surface area contributed by atoms with Gasteiger partial charge in [-0.25, -0.2) is 9.18 Å². The third-order valence-electron chi connectivity index (χ3n) is 5.11. The maximum absolute atomic E-state index is 14.9. The van der Waals surface area contributed by atoms with Crippen molar-refractivity contribution in [3.63, 3.8) is 0 Å². The van der Waals surface area contributed by atoms with Crippen molar-refractivity contribution in [2.45, 2.75) is 31.3 Å². The van der Waals surface area contributed by atoms with Crippen LogP contribution in [0.5, 0.6) is 0 Å². The molecule has 4 rings (SSSR count). The van der Waals surface area contributed by atoms with E-state index in [-0.39, 0.29) is 47.6 Å². The number of fused-ring (bicyclic) bond motifs is 1. The number of halogens is 2. The maximum Gasteiger partial charge on any atom is 0.341 e. The van der Waals surface area contributed by atoms with Crippen LogP contribution in [-0.2, 0) is 0 Å². The van der Waals surface area contributed by atoms with Gasteiger partial charge in [0, 0.05) is 31.4 Å². The number of hydrogen-bond acceptors (Lipinski definition) is 6. The Morgan fingerprint density at radius 2 is 2.04 bits per heavy atom. The molecule has 1 aliphatic carbocycles. The SMILES string of the molecule is Cl.NC1CCN(c2c(F)cc3c(=O)c(C(=O)O)cn(C4CC4)c3c2[N+](=O)[O-])C1. The zero-order chi connectivity index (χ0) is 19.5. The van der Waals surface area contributed by atoms with Gasteiger partial charge in [-0.3, -0.25) is 14.9 Å². The minimum absolute atomic E-state index is 0. The molecule has 1 saturated carbocycles. The van der Waals surface area contributed by atoms with Crippen LogP contribution in [0.3, 0.4) is 0 Å². The van der Waals surface area contributed by atoms with Crippen molar-refractivity contribution >= 4 is 40.7 Å². The number of hydrogen-bond donors (Lipinski definition) is 2. The molecule has 2 aromatic rings. The smallest absolute Gasteiger partial charge is 0.341 e. The van der Waals surface area contributed by atoms with Crippen LogP contribution < -0.4 is 16.1 Å². The third-order valence-corrected chi connectivity index (χ3v) is 5.11. The molecule has 1 unspecified atom stereocenters. The van der Waals surface area contributed by atoms with Gasteiger partial charge in [0.25, 0.3) is 0 Å².